The number of nitroso groups, excluding NO2 is 3. The average Bonchev–Trinajstić information content (AvgIpc) is 2.99. The fourth-order valence-corrected chi connectivity index (χ4v) is 3.20. The predicted molar refractivity (Wildman–Crippen MR) is 105 cm³/mol. The Balaban J connectivity index is 2.19. The van der Waals surface area contributed by atoms with Crippen LogP contribution in [0.4, 0.5) is 17.1 Å². The molecule has 28 heavy (non-hydrogen) atoms. The number of nitrogens with one attached hydrogen (secondary N) is 1. The van der Waals surface area contributed by atoms with E-state index in [1.807, 2.05) is 23.1 Å². The van der Waals surface area contributed by atoms with Crippen molar-refractivity contribution in [1.29, 1.82) is 0 Å². The number of anilines is 3. The van der Waals surface area contributed by atoms with Crippen LogP contribution in [0.5, 0.6) is 0 Å². The molecule has 0 fully saturated rings. The molecule has 152 valence electrons. The zero-order chi connectivity index (χ0) is 20.6. The Kier molecular flexibility index (Phi) is 7.32. The van der Waals surface area contributed by atoms with E-state index in [1.54, 1.807) is 11.9 Å². The lowest BCUT2D eigenvalue weighted by Gasteiger charge is -2.30. The molecule has 1 aliphatic heterocycles. The van der Waals surface area contributed by atoms with Crippen molar-refractivity contribution in [3.63, 3.8) is 0 Å². The van der Waals surface area contributed by atoms with Crippen LogP contribution in [0.1, 0.15) is 19.3 Å². The second-order valence-electron chi connectivity index (χ2n) is 6.33. The molecule has 0 radical (unpaired) electrons. The standard InChI is InChI=1S/C16H23N7O5/c1-22-14-5-4-12(23(9-7-18-25)10-8-19-26)11-13(14)20-16(22,21-27)6-2-3-15(24)28-17/h4-5,11,20H,2-3,6-10,17H2,1H3. The Morgan fingerprint density at radius 2 is 1.93 bits per heavy atom. The number of hydrogen-bond donors (Lipinski definition) is 2. The third kappa shape index (κ3) is 4.57. The number of carbonyl (C=O) groups excluding carboxylic acids is 1. The van der Waals surface area contributed by atoms with Crippen LogP contribution in [0, 0.1) is 14.7 Å². The number of carbonyl (C=O) groups is 1. The zero-order valence-electron chi connectivity index (χ0n) is 15.5. The van der Waals surface area contributed by atoms with Gasteiger partial charge in [-0.05, 0) is 29.8 Å². The van der Waals surface area contributed by atoms with E-state index in [2.05, 4.69) is 25.7 Å². The second-order valence-corrected chi connectivity index (χ2v) is 6.33. The number of rotatable bonds is 12. The summed E-state index contributed by atoms with van der Waals surface area (Å²) in [6.45, 7) is 0.818. The molecule has 0 spiro atoms. The van der Waals surface area contributed by atoms with Gasteiger partial charge in [-0.25, -0.2) is 0 Å². The minimum Gasteiger partial charge on any atom is -0.373 e. The molecule has 2 rings (SSSR count). The minimum absolute atomic E-state index is 0.0655. The number of hydrogen-bond acceptors (Lipinski definition) is 12. The van der Waals surface area contributed by atoms with Gasteiger partial charge in [-0.1, -0.05) is 10.4 Å². The molecule has 1 aromatic carbocycles. The molecule has 0 saturated carbocycles. The van der Waals surface area contributed by atoms with Crippen molar-refractivity contribution in [2.45, 2.75) is 25.0 Å². The Morgan fingerprint density at radius 3 is 2.50 bits per heavy atom. The van der Waals surface area contributed by atoms with Crippen molar-refractivity contribution >= 4 is 23.0 Å². The smallest absolute Gasteiger partial charge is 0.324 e. The Bertz CT molecular complexity index is 719. The van der Waals surface area contributed by atoms with Crippen LogP contribution in [-0.2, 0) is 9.63 Å². The van der Waals surface area contributed by atoms with Gasteiger partial charge in [-0.2, -0.15) is 15.7 Å². The Labute approximate surface area is 161 Å². The normalized spacial score (nSPS) is 17.4. The summed E-state index contributed by atoms with van der Waals surface area (Å²) < 4.78 is 0. The van der Waals surface area contributed by atoms with Crippen LogP contribution in [0.2, 0.25) is 0 Å². The van der Waals surface area contributed by atoms with Crippen LogP contribution in [0.3, 0.4) is 0 Å². The Hall–Kier alpha value is -3.15. The summed E-state index contributed by atoms with van der Waals surface area (Å²) in [6.07, 6.45) is 0.679. The lowest BCUT2D eigenvalue weighted by atomic mass is 10.1. The summed E-state index contributed by atoms with van der Waals surface area (Å²) in [5, 5.41) is 12.1. The minimum atomic E-state index is -1.24. The molecule has 1 heterocycles. The van der Waals surface area contributed by atoms with Crippen molar-refractivity contribution in [3.05, 3.63) is 32.9 Å². The SMILES string of the molecule is CN1c2ccc(N(CCN=O)CCN=O)cc2NC1(CCCC(=O)ON)N=O. The molecule has 3 N–H and O–H groups in total. The zero-order valence-corrected chi connectivity index (χ0v) is 15.5. The number of fused-ring (bicyclic) bond motifs is 1. The molecule has 0 aliphatic carbocycles. The molecule has 1 aliphatic rings. The lowest BCUT2D eigenvalue weighted by molar-refractivity contribution is -0.144. The summed E-state index contributed by atoms with van der Waals surface area (Å²) in [6, 6.07) is 5.44. The predicted octanol–water partition coefficient (Wildman–Crippen LogP) is 1.89. The molecule has 1 unspecified atom stereocenters. The van der Waals surface area contributed by atoms with E-state index in [-0.39, 0.29) is 25.9 Å². The van der Waals surface area contributed by atoms with Crippen LogP contribution >= 0.6 is 0 Å². The highest BCUT2D eigenvalue weighted by Gasteiger charge is 2.43. The van der Waals surface area contributed by atoms with Crippen molar-refractivity contribution < 1.29 is 9.63 Å². The van der Waals surface area contributed by atoms with E-state index in [9.17, 15) is 19.5 Å². The highest BCUT2D eigenvalue weighted by atomic mass is 16.7. The van der Waals surface area contributed by atoms with Gasteiger partial charge in [0.15, 0.2) is 0 Å². The molecule has 0 aromatic heterocycles. The van der Waals surface area contributed by atoms with Crippen molar-refractivity contribution in [2.24, 2.45) is 21.4 Å². The maximum Gasteiger partial charge on any atom is 0.324 e. The average molecular weight is 393 g/mol. The fourth-order valence-electron chi connectivity index (χ4n) is 3.20. The molecule has 0 amide bonds. The van der Waals surface area contributed by atoms with E-state index >= 15 is 0 Å². The first-order chi connectivity index (χ1) is 13.5. The van der Waals surface area contributed by atoms with Crippen LogP contribution in [0.15, 0.2) is 33.7 Å². The highest BCUT2D eigenvalue weighted by molar-refractivity contribution is 5.81. The summed E-state index contributed by atoms with van der Waals surface area (Å²) in [7, 11) is 1.73. The first-order valence-electron chi connectivity index (χ1n) is 8.74. The number of benzene rings is 1. The molecule has 12 heteroatoms. The van der Waals surface area contributed by atoms with E-state index in [0.29, 0.717) is 25.2 Å². The summed E-state index contributed by atoms with van der Waals surface area (Å²) in [5.41, 5.74) is 2.18. The van der Waals surface area contributed by atoms with Gasteiger partial charge in [0.1, 0.15) is 0 Å². The van der Waals surface area contributed by atoms with Crippen molar-refractivity contribution in [1.82, 2.24) is 0 Å². The van der Waals surface area contributed by atoms with Gasteiger partial charge >= 0.3 is 5.97 Å². The van der Waals surface area contributed by atoms with Gasteiger partial charge in [-0.3, -0.25) is 4.79 Å². The van der Waals surface area contributed by atoms with E-state index in [4.69, 9.17) is 5.90 Å². The van der Waals surface area contributed by atoms with Gasteiger partial charge in [0.25, 0.3) is 0 Å². The molecule has 1 aromatic rings. The Morgan fingerprint density at radius 1 is 1.25 bits per heavy atom. The van der Waals surface area contributed by atoms with Gasteiger partial charge in [-0.15, -0.1) is 4.91 Å². The van der Waals surface area contributed by atoms with Crippen LogP contribution in [0.25, 0.3) is 0 Å². The molecule has 12 nitrogen and oxygen atoms in total. The third-order valence-electron chi connectivity index (χ3n) is 4.71. The maximum atomic E-state index is 11.7. The van der Waals surface area contributed by atoms with Gasteiger partial charge in [0, 0.05) is 38.7 Å². The fraction of sp³-hybridized carbons (Fsp3) is 0.562. The van der Waals surface area contributed by atoms with Crippen LogP contribution in [-0.4, -0.2) is 45.0 Å². The third-order valence-corrected chi connectivity index (χ3v) is 4.71. The van der Waals surface area contributed by atoms with Crippen molar-refractivity contribution in [2.75, 3.05) is 48.3 Å². The summed E-state index contributed by atoms with van der Waals surface area (Å²) in [4.78, 5) is 51.5. The monoisotopic (exact) mass is 393 g/mol. The molecular formula is C16H23N7O5. The first-order valence-corrected chi connectivity index (χ1v) is 8.74. The second kappa shape index (κ2) is 9.69. The summed E-state index contributed by atoms with van der Waals surface area (Å²) >= 11 is 0. The quantitative estimate of drug-likeness (QED) is 0.399. The van der Waals surface area contributed by atoms with Gasteiger partial charge in [0.2, 0.25) is 5.79 Å². The van der Waals surface area contributed by atoms with E-state index < -0.39 is 11.8 Å². The molecule has 0 bridgehead atoms. The number of nitrogens with two attached hydrogens (primary N) is 1. The van der Waals surface area contributed by atoms with Gasteiger partial charge < -0.3 is 20.0 Å². The maximum absolute atomic E-state index is 11.7. The van der Waals surface area contributed by atoms with E-state index in [0.717, 1.165) is 11.4 Å². The van der Waals surface area contributed by atoms with Crippen LogP contribution < -0.4 is 21.0 Å². The first kappa shape index (κ1) is 21.2. The largest absolute Gasteiger partial charge is 0.373 e. The van der Waals surface area contributed by atoms with Crippen molar-refractivity contribution in [3.8, 4) is 0 Å². The highest BCUT2D eigenvalue weighted by Crippen LogP contribution is 2.43. The lowest BCUT2D eigenvalue weighted by Crippen LogP contribution is -2.46. The molecule has 1 atom stereocenters. The van der Waals surface area contributed by atoms with E-state index in [1.165, 1.54) is 0 Å². The number of nitrogens with zero attached hydrogens (tertiary/aromatic N) is 5. The summed E-state index contributed by atoms with van der Waals surface area (Å²) in [5.74, 6) is 3.02. The van der Waals surface area contributed by atoms with Gasteiger partial charge in [0.05, 0.1) is 24.5 Å². The molecular weight excluding hydrogens is 370 g/mol. The molecule has 0 saturated heterocycles. The topological polar surface area (TPSA) is 159 Å².